The van der Waals surface area contributed by atoms with Crippen molar-refractivity contribution in [1.82, 2.24) is 0 Å². The Bertz CT molecular complexity index is 757. The summed E-state index contributed by atoms with van der Waals surface area (Å²) in [5.41, 5.74) is 14.8. The Hall–Kier alpha value is -3.27. The highest BCUT2D eigenvalue weighted by Gasteiger charge is 1.96. The summed E-state index contributed by atoms with van der Waals surface area (Å²) in [7, 11) is 0. The van der Waals surface area contributed by atoms with Crippen LogP contribution in [0.3, 0.4) is 0 Å². The second kappa shape index (κ2) is 9.78. The van der Waals surface area contributed by atoms with E-state index in [0.717, 1.165) is 23.2 Å². The van der Waals surface area contributed by atoms with Gasteiger partial charge in [-0.05, 0) is 47.9 Å². The lowest BCUT2D eigenvalue weighted by Gasteiger charge is -1.96. The van der Waals surface area contributed by atoms with E-state index in [0.29, 0.717) is 5.69 Å². The van der Waals surface area contributed by atoms with Gasteiger partial charge in [0, 0.05) is 11.4 Å². The third-order valence-electron chi connectivity index (χ3n) is 3.30. The van der Waals surface area contributed by atoms with E-state index in [9.17, 15) is 4.79 Å². The van der Waals surface area contributed by atoms with Gasteiger partial charge in [-0.3, -0.25) is 4.79 Å². The fourth-order valence-electron chi connectivity index (χ4n) is 1.97. The molecule has 0 saturated heterocycles. The van der Waals surface area contributed by atoms with Crippen LogP contribution in [0.1, 0.15) is 11.1 Å². The molecule has 0 atom stereocenters. The highest BCUT2D eigenvalue weighted by molar-refractivity contribution is 5.83. The average Bonchev–Trinajstić information content (AvgIpc) is 2.61. The Morgan fingerprint density at radius 3 is 2.20 bits per heavy atom. The molecule has 0 aliphatic carbocycles. The van der Waals surface area contributed by atoms with E-state index in [1.165, 1.54) is 12.7 Å². The van der Waals surface area contributed by atoms with Crippen molar-refractivity contribution < 1.29 is 9.53 Å². The summed E-state index contributed by atoms with van der Waals surface area (Å²) in [6, 6.07) is 15.0. The Labute approximate surface area is 148 Å². The molecule has 0 aromatic heterocycles. The molecule has 4 nitrogen and oxygen atoms in total. The maximum Gasteiger partial charge on any atom is 0.318 e. The van der Waals surface area contributed by atoms with Crippen LogP contribution in [0.5, 0.6) is 0 Å². The molecule has 2 aromatic carbocycles. The molecule has 4 N–H and O–H groups in total. The molecular weight excluding hydrogens is 312 g/mol. The molecule has 1 radical (unpaired) electrons. The van der Waals surface area contributed by atoms with E-state index in [2.05, 4.69) is 0 Å². The van der Waals surface area contributed by atoms with Crippen molar-refractivity contribution >= 4 is 23.4 Å². The van der Waals surface area contributed by atoms with Gasteiger partial charge < -0.3 is 16.2 Å². The highest BCUT2D eigenvalue weighted by atomic mass is 16.5. The second-order valence-electron chi connectivity index (χ2n) is 5.33. The van der Waals surface area contributed by atoms with Gasteiger partial charge in [0.05, 0.1) is 12.7 Å². The van der Waals surface area contributed by atoms with Crippen LogP contribution in [0.2, 0.25) is 0 Å². The van der Waals surface area contributed by atoms with Gasteiger partial charge in [0.2, 0.25) is 0 Å². The van der Waals surface area contributed by atoms with Crippen LogP contribution in [0.15, 0.2) is 79.1 Å². The largest absolute Gasteiger partial charge is 0.434 e. The molecule has 0 unspecified atom stereocenters. The van der Waals surface area contributed by atoms with Gasteiger partial charge in [-0.1, -0.05) is 48.6 Å². The summed E-state index contributed by atoms with van der Waals surface area (Å²) in [4.78, 5) is 11.5. The summed E-state index contributed by atoms with van der Waals surface area (Å²) in [5.74, 6) is -0.435. The van der Waals surface area contributed by atoms with E-state index in [1.54, 1.807) is 30.4 Å². The lowest BCUT2D eigenvalue weighted by Crippen LogP contribution is -1.97. The van der Waals surface area contributed by atoms with Crippen LogP contribution < -0.4 is 11.5 Å². The molecule has 0 heterocycles. The van der Waals surface area contributed by atoms with Crippen LogP contribution in [-0.2, 0) is 16.0 Å². The molecule has 0 aliphatic heterocycles. The molecule has 127 valence electrons. The third-order valence-corrected chi connectivity index (χ3v) is 3.30. The zero-order chi connectivity index (χ0) is 17.9. The predicted octanol–water partition coefficient (Wildman–Crippen LogP) is 3.92. The smallest absolute Gasteiger partial charge is 0.318 e. The van der Waals surface area contributed by atoms with E-state index in [-0.39, 0.29) is 0 Å². The molecule has 4 heteroatoms. The first-order valence-corrected chi connectivity index (χ1v) is 7.87. The van der Waals surface area contributed by atoms with Gasteiger partial charge in [0.15, 0.2) is 0 Å². The van der Waals surface area contributed by atoms with Crippen LogP contribution in [-0.4, -0.2) is 5.97 Å². The number of ether oxygens (including phenoxy) is 1. The van der Waals surface area contributed by atoms with Crippen LogP contribution in [0.25, 0.3) is 6.08 Å². The monoisotopic (exact) mass is 333 g/mol. The maximum absolute atomic E-state index is 11.5. The SMILES string of the molecule is Nc1ccc(C=C[CH]C(=O)OC=CC=CCc2ccc(N)cc2)cc1. The minimum absolute atomic E-state index is 0.435. The van der Waals surface area contributed by atoms with Gasteiger partial charge >= 0.3 is 5.97 Å². The first kappa shape index (κ1) is 18.1. The van der Waals surface area contributed by atoms with E-state index in [4.69, 9.17) is 16.2 Å². The van der Waals surface area contributed by atoms with Gasteiger partial charge in [-0.25, -0.2) is 0 Å². The summed E-state index contributed by atoms with van der Waals surface area (Å²) >= 11 is 0. The Kier molecular flexibility index (Phi) is 7.07. The summed E-state index contributed by atoms with van der Waals surface area (Å²) in [6.07, 6.45) is 12.4. The second-order valence-corrected chi connectivity index (χ2v) is 5.33. The minimum atomic E-state index is -0.435. The molecule has 25 heavy (non-hydrogen) atoms. The highest BCUT2D eigenvalue weighted by Crippen LogP contribution is 2.08. The van der Waals surface area contributed by atoms with Gasteiger partial charge in [-0.15, -0.1) is 0 Å². The fraction of sp³-hybridized carbons (Fsp3) is 0.0476. The third kappa shape index (κ3) is 7.22. The number of carbonyl (C=O) groups is 1. The van der Waals surface area contributed by atoms with Crippen molar-refractivity contribution in [2.45, 2.75) is 6.42 Å². The number of nitrogen functional groups attached to an aromatic ring is 2. The first-order chi connectivity index (χ1) is 12.1. The zero-order valence-electron chi connectivity index (χ0n) is 13.8. The molecule has 0 saturated carbocycles. The number of esters is 1. The lowest BCUT2D eigenvalue weighted by molar-refractivity contribution is -0.133. The van der Waals surface area contributed by atoms with Crippen molar-refractivity contribution in [2.24, 2.45) is 0 Å². The molecule has 0 spiro atoms. The maximum atomic E-state index is 11.5. The molecule has 0 bridgehead atoms. The minimum Gasteiger partial charge on any atom is -0.434 e. The fourth-order valence-corrected chi connectivity index (χ4v) is 1.97. The molecule has 0 amide bonds. The molecule has 2 rings (SSSR count). The van der Waals surface area contributed by atoms with Crippen molar-refractivity contribution in [2.75, 3.05) is 11.5 Å². The van der Waals surface area contributed by atoms with Crippen molar-refractivity contribution in [3.05, 3.63) is 96.6 Å². The molecule has 0 fully saturated rings. The van der Waals surface area contributed by atoms with Gasteiger partial charge in [-0.2, -0.15) is 0 Å². The Morgan fingerprint density at radius 2 is 1.52 bits per heavy atom. The van der Waals surface area contributed by atoms with Crippen molar-refractivity contribution in [3.8, 4) is 0 Å². The number of hydrogen-bond acceptors (Lipinski definition) is 4. The van der Waals surface area contributed by atoms with Gasteiger partial charge in [0.25, 0.3) is 0 Å². The van der Waals surface area contributed by atoms with Crippen LogP contribution in [0, 0.1) is 6.42 Å². The number of rotatable bonds is 7. The quantitative estimate of drug-likeness (QED) is 0.348. The Balaban J connectivity index is 1.66. The number of hydrogen-bond donors (Lipinski definition) is 2. The first-order valence-electron chi connectivity index (χ1n) is 7.87. The number of anilines is 2. The molecular formula is C21H21N2O2. The van der Waals surface area contributed by atoms with Crippen molar-refractivity contribution in [1.29, 1.82) is 0 Å². The number of allylic oxidation sites excluding steroid dienone is 3. The summed E-state index contributed by atoms with van der Waals surface area (Å²) < 4.78 is 4.95. The molecule has 2 aromatic rings. The van der Waals surface area contributed by atoms with Crippen LogP contribution >= 0.6 is 0 Å². The summed E-state index contributed by atoms with van der Waals surface area (Å²) in [5, 5.41) is 0. The Morgan fingerprint density at radius 1 is 0.880 bits per heavy atom. The predicted molar refractivity (Wildman–Crippen MR) is 103 cm³/mol. The van der Waals surface area contributed by atoms with Crippen molar-refractivity contribution in [3.63, 3.8) is 0 Å². The summed E-state index contributed by atoms with van der Waals surface area (Å²) in [6.45, 7) is 0. The number of nitrogens with two attached hydrogens (primary N) is 2. The topological polar surface area (TPSA) is 78.3 Å². The normalized spacial score (nSPS) is 11.5. The van der Waals surface area contributed by atoms with E-state index < -0.39 is 5.97 Å². The molecule has 0 aliphatic rings. The number of benzene rings is 2. The van der Waals surface area contributed by atoms with Gasteiger partial charge in [0.1, 0.15) is 0 Å². The number of carbonyl (C=O) groups excluding carboxylic acids is 1. The van der Waals surface area contributed by atoms with E-state index in [1.807, 2.05) is 48.6 Å². The lowest BCUT2D eigenvalue weighted by atomic mass is 10.1. The average molecular weight is 333 g/mol. The van der Waals surface area contributed by atoms with Crippen LogP contribution in [0.4, 0.5) is 11.4 Å². The van der Waals surface area contributed by atoms with E-state index >= 15 is 0 Å². The zero-order valence-corrected chi connectivity index (χ0v) is 13.8. The standard InChI is InChI=1S/C21H21N2O2/c22-19-12-8-17(9-13-19)5-2-1-3-16-25-21(24)7-4-6-18-10-14-20(23)15-11-18/h1-4,6-16H,5,22-23H2.